The Kier molecular flexibility index (Phi) is 5.56. The number of hydrogen-bond donors (Lipinski definition) is 2. The Morgan fingerprint density at radius 3 is 2.74 bits per heavy atom. The molecule has 1 saturated heterocycles. The third-order valence-electron chi connectivity index (χ3n) is 3.89. The Hall–Kier alpha value is -2.57. The summed E-state index contributed by atoms with van der Waals surface area (Å²) in [6.07, 6.45) is 0.876. The number of rotatable bonds is 6. The molecule has 1 atom stereocenters. The summed E-state index contributed by atoms with van der Waals surface area (Å²) in [4.78, 5) is 35.5. The van der Waals surface area contributed by atoms with Crippen molar-refractivity contribution < 1.29 is 24.2 Å². The maximum Gasteiger partial charge on any atom is 0.410 e. The highest BCUT2D eigenvalue weighted by molar-refractivity contribution is 5.71. The van der Waals surface area contributed by atoms with E-state index < -0.39 is 17.6 Å². The molecule has 1 unspecified atom stereocenters. The monoisotopic (exact) mass is 320 g/mol. The second kappa shape index (κ2) is 7.62. The molecule has 0 aromatic heterocycles. The first-order valence-electron chi connectivity index (χ1n) is 7.43. The van der Waals surface area contributed by atoms with Gasteiger partial charge < -0.3 is 20.1 Å². The summed E-state index contributed by atoms with van der Waals surface area (Å²) in [5.74, 6) is -1.01. The molecule has 0 radical (unpaired) electrons. The van der Waals surface area contributed by atoms with Crippen LogP contribution in [0.5, 0.6) is 0 Å². The summed E-state index contributed by atoms with van der Waals surface area (Å²) in [6.45, 7) is 0.768. The third-order valence-corrected chi connectivity index (χ3v) is 3.89. The van der Waals surface area contributed by atoms with Gasteiger partial charge in [0.15, 0.2) is 0 Å². The van der Waals surface area contributed by atoms with Crippen molar-refractivity contribution in [3.63, 3.8) is 0 Å². The lowest BCUT2D eigenvalue weighted by molar-refractivity contribution is -0.139. The quantitative estimate of drug-likeness (QED) is 0.772. The van der Waals surface area contributed by atoms with E-state index in [0.717, 1.165) is 5.56 Å². The number of benzene rings is 1. The Balaban J connectivity index is 1.97. The van der Waals surface area contributed by atoms with Crippen molar-refractivity contribution in [3.8, 4) is 0 Å². The van der Waals surface area contributed by atoms with Crippen molar-refractivity contribution in [2.75, 3.05) is 13.1 Å². The molecule has 1 aromatic rings. The first-order chi connectivity index (χ1) is 11.0. The Morgan fingerprint density at radius 2 is 2.09 bits per heavy atom. The van der Waals surface area contributed by atoms with Gasteiger partial charge in [-0.25, -0.2) is 4.79 Å². The van der Waals surface area contributed by atoms with Gasteiger partial charge in [0, 0.05) is 13.1 Å². The van der Waals surface area contributed by atoms with Crippen molar-refractivity contribution in [2.24, 2.45) is 0 Å². The van der Waals surface area contributed by atoms with Gasteiger partial charge in [-0.05, 0) is 18.4 Å². The lowest BCUT2D eigenvalue weighted by atomic mass is 9.86. The number of carboxylic acid groups (broad SMARTS) is 1. The van der Waals surface area contributed by atoms with Gasteiger partial charge in [0.1, 0.15) is 6.61 Å². The number of hydrogen-bond acceptors (Lipinski definition) is 4. The van der Waals surface area contributed by atoms with Crippen LogP contribution in [0.3, 0.4) is 0 Å². The number of ether oxygens (including phenoxy) is 1. The predicted octanol–water partition coefficient (Wildman–Crippen LogP) is 1.38. The molecule has 124 valence electrons. The zero-order valence-corrected chi connectivity index (χ0v) is 12.7. The van der Waals surface area contributed by atoms with Gasteiger partial charge >= 0.3 is 12.1 Å². The van der Waals surface area contributed by atoms with E-state index in [1.54, 1.807) is 0 Å². The molecular weight excluding hydrogens is 300 g/mol. The summed E-state index contributed by atoms with van der Waals surface area (Å²) in [5, 5.41) is 11.6. The fourth-order valence-electron chi connectivity index (χ4n) is 2.83. The molecule has 23 heavy (non-hydrogen) atoms. The Bertz CT molecular complexity index is 563. The van der Waals surface area contributed by atoms with Crippen molar-refractivity contribution in [1.29, 1.82) is 0 Å². The summed E-state index contributed by atoms with van der Waals surface area (Å²) in [7, 11) is 0. The molecule has 1 aliphatic heterocycles. The van der Waals surface area contributed by atoms with Crippen molar-refractivity contribution in [1.82, 2.24) is 10.2 Å². The number of nitrogens with zero attached hydrogens (tertiary/aromatic N) is 1. The molecule has 0 saturated carbocycles. The van der Waals surface area contributed by atoms with Crippen molar-refractivity contribution in [2.45, 2.75) is 31.4 Å². The van der Waals surface area contributed by atoms with Gasteiger partial charge in [-0.3, -0.25) is 9.59 Å². The number of likely N-dealkylation sites (tertiary alicyclic amines) is 1. The average molecular weight is 320 g/mol. The molecule has 1 heterocycles. The normalized spacial score (nSPS) is 20.6. The molecule has 0 bridgehead atoms. The van der Waals surface area contributed by atoms with Crippen molar-refractivity contribution in [3.05, 3.63) is 35.9 Å². The van der Waals surface area contributed by atoms with Crippen LogP contribution in [0.2, 0.25) is 0 Å². The number of aliphatic carboxylic acids is 1. The fraction of sp³-hybridized carbons (Fsp3) is 0.438. The second-order valence-electron chi connectivity index (χ2n) is 5.68. The van der Waals surface area contributed by atoms with E-state index in [1.807, 2.05) is 30.3 Å². The molecule has 7 nitrogen and oxygen atoms in total. The first kappa shape index (κ1) is 16.8. The summed E-state index contributed by atoms with van der Waals surface area (Å²) in [6, 6.07) is 9.30. The minimum atomic E-state index is -1.01. The van der Waals surface area contributed by atoms with E-state index in [4.69, 9.17) is 9.84 Å². The lowest BCUT2D eigenvalue weighted by Crippen LogP contribution is -2.58. The highest BCUT2D eigenvalue weighted by Crippen LogP contribution is 2.25. The molecule has 1 aromatic carbocycles. The number of carbonyl (C=O) groups is 3. The van der Waals surface area contributed by atoms with Crippen molar-refractivity contribution >= 4 is 18.5 Å². The molecule has 1 fully saturated rings. The highest BCUT2D eigenvalue weighted by atomic mass is 16.6. The number of carboxylic acids is 1. The summed E-state index contributed by atoms with van der Waals surface area (Å²) in [5.41, 5.74) is -0.0573. The molecule has 0 spiro atoms. The number of carbonyl (C=O) groups excluding carboxylic acids is 2. The van der Waals surface area contributed by atoms with E-state index in [-0.39, 0.29) is 19.6 Å². The van der Waals surface area contributed by atoms with Gasteiger partial charge in [0.25, 0.3) is 0 Å². The fourth-order valence-corrected chi connectivity index (χ4v) is 2.83. The standard InChI is InChI=1S/C16H20N2O5/c19-12-17-16(9-14(20)21)7-4-8-18(11-16)15(22)23-10-13-5-2-1-3-6-13/h1-3,5-6,12H,4,7-11H2,(H,17,19)(H,20,21). The van der Waals surface area contributed by atoms with Crippen LogP contribution in [0.25, 0.3) is 0 Å². The molecule has 7 heteroatoms. The van der Waals surface area contributed by atoms with Crippen LogP contribution in [-0.2, 0) is 20.9 Å². The Morgan fingerprint density at radius 1 is 1.35 bits per heavy atom. The number of amides is 2. The lowest BCUT2D eigenvalue weighted by Gasteiger charge is -2.41. The molecular formula is C16H20N2O5. The zero-order valence-electron chi connectivity index (χ0n) is 12.7. The highest BCUT2D eigenvalue weighted by Gasteiger charge is 2.39. The van der Waals surface area contributed by atoms with Gasteiger partial charge in [-0.15, -0.1) is 0 Å². The first-order valence-corrected chi connectivity index (χ1v) is 7.43. The van der Waals surface area contributed by atoms with Crippen LogP contribution in [-0.4, -0.2) is 47.1 Å². The maximum atomic E-state index is 12.2. The largest absolute Gasteiger partial charge is 0.481 e. The van der Waals surface area contributed by atoms with E-state index >= 15 is 0 Å². The molecule has 2 amide bonds. The maximum absolute atomic E-state index is 12.2. The SMILES string of the molecule is O=CNC1(CC(=O)O)CCCN(C(=O)OCc2ccccc2)C1. The second-order valence-corrected chi connectivity index (χ2v) is 5.68. The third kappa shape index (κ3) is 4.70. The van der Waals surface area contributed by atoms with Crippen LogP contribution in [0, 0.1) is 0 Å². The van der Waals surface area contributed by atoms with Gasteiger partial charge in [-0.2, -0.15) is 0 Å². The zero-order chi connectivity index (χ0) is 16.7. The van der Waals surface area contributed by atoms with Crippen LogP contribution in [0.15, 0.2) is 30.3 Å². The minimum Gasteiger partial charge on any atom is -0.481 e. The van der Waals surface area contributed by atoms with E-state index in [2.05, 4.69) is 5.32 Å². The Labute approximate surface area is 134 Å². The molecule has 2 N–H and O–H groups in total. The summed E-state index contributed by atoms with van der Waals surface area (Å²) >= 11 is 0. The predicted molar refractivity (Wildman–Crippen MR) is 81.6 cm³/mol. The topological polar surface area (TPSA) is 95.9 Å². The minimum absolute atomic E-state index is 0.131. The molecule has 0 aliphatic carbocycles. The molecule has 2 rings (SSSR count). The van der Waals surface area contributed by atoms with Crippen LogP contribution in [0.1, 0.15) is 24.8 Å². The number of nitrogens with one attached hydrogen (secondary N) is 1. The van der Waals surface area contributed by atoms with E-state index in [0.29, 0.717) is 25.8 Å². The number of piperidine rings is 1. The van der Waals surface area contributed by atoms with Crippen LogP contribution in [0.4, 0.5) is 4.79 Å². The van der Waals surface area contributed by atoms with Gasteiger partial charge in [-0.1, -0.05) is 30.3 Å². The molecule has 1 aliphatic rings. The van der Waals surface area contributed by atoms with E-state index in [1.165, 1.54) is 4.90 Å². The summed E-state index contributed by atoms with van der Waals surface area (Å²) < 4.78 is 5.27. The van der Waals surface area contributed by atoms with Crippen LogP contribution >= 0.6 is 0 Å². The smallest absolute Gasteiger partial charge is 0.410 e. The van der Waals surface area contributed by atoms with Crippen LogP contribution < -0.4 is 5.32 Å². The van der Waals surface area contributed by atoms with Gasteiger partial charge in [0.05, 0.1) is 12.0 Å². The average Bonchev–Trinajstić information content (AvgIpc) is 2.53. The van der Waals surface area contributed by atoms with E-state index in [9.17, 15) is 14.4 Å². The van der Waals surface area contributed by atoms with Gasteiger partial charge in [0.2, 0.25) is 6.41 Å².